The number of hydrogen-bond donors (Lipinski definition) is 1. The second-order valence-electron chi connectivity index (χ2n) is 7.47. The summed E-state index contributed by atoms with van der Waals surface area (Å²) in [6.07, 6.45) is 1.84. The third-order valence-electron chi connectivity index (χ3n) is 5.04. The lowest BCUT2D eigenvalue weighted by molar-refractivity contribution is -0.0984. The van der Waals surface area contributed by atoms with Crippen molar-refractivity contribution in [1.29, 1.82) is 0 Å². The molecule has 2 heterocycles. The Morgan fingerprint density at radius 1 is 1.26 bits per heavy atom. The lowest BCUT2D eigenvalue weighted by Gasteiger charge is -2.37. The zero-order valence-electron chi connectivity index (χ0n) is 17.0. The summed E-state index contributed by atoms with van der Waals surface area (Å²) < 4.78 is 57.9. The van der Waals surface area contributed by atoms with Gasteiger partial charge in [0, 0.05) is 31.4 Å². The molecule has 1 fully saturated rings. The minimum absolute atomic E-state index is 0.0225. The monoisotopic (exact) mass is 454 g/mol. The van der Waals surface area contributed by atoms with E-state index in [2.05, 4.69) is 19.5 Å². The van der Waals surface area contributed by atoms with Crippen LogP contribution < -0.4 is 5.32 Å². The number of nitrogens with one attached hydrogen (secondary N) is 1. The van der Waals surface area contributed by atoms with E-state index in [1.807, 2.05) is 19.1 Å². The summed E-state index contributed by atoms with van der Waals surface area (Å²) in [6, 6.07) is 8.87. The lowest BCUT2D eigenvalue weighted by atomic mass is 9.93. The van der Waals surface area contributed by atoms with Gasteiger partial charge >= 0.3 is 16.2 Å². The average molecular weight is 454 g/mol. The first-order valence-corrected chi connectivity index (χ1v) is 11.4. The molecule has 0 spiro atoms. The molecule has 1 aliphatic heterocycles. The van der Waals surface area contributed by atoms with Gasteiger partial charge in [0.25, 0.3) is 5.92 Å². The van der Waals surface area contributed by atoms with Gasteiger partial charge in [0.05, 0.1) is 12.3 Å². The first kappa shape index (κ1) is 22.9. The maximum atomic E-state index is 14.5. The highest BCUT2D eigenvalue weighted by molar-refractivity contribution is 7.87. The standard InChI is InChI=1S/C20H24F2N4O4S/c1-15-3-5-16(6-4-15)8-12-31(28,29)30-19(27)26-11-7-17(20(21,22)14-26)13-25-18-23-9-2-10-24-18/h2-6,9-10,17H,7-8,11-14H2,1H3,(H,23,24,25)/t17-/m1/s1. The molecule has 1 amide bonds. The van der Waals surface area contributed by atoms with E-state index in [4.69, 9.17) is 0 Å². The molecule has 168 valence electrons. The fourth-order valence-electron chi connectivity index (χ4n) is 3.20. The molecule has 1 atom stereocenters. The van der Waals surface area contributed by atoms with Gasteiger partial charge in [-0.25, -0.2) is 23.5 Å². The fraction of sp³-hybridized carbons (Fsp3) is 0.450. The molecular formula is C20H24F2N4O4S. The number of nitrogens with zero attached hydrogens (tertiary/aromatic N) is 3. The van der Waals surface area contributed by atoms with E-state index < -0.39 is 40.3 Å². The van der Waals surface area contributed by atoms with Crippen molar-refractivity contribution in [3.63, 3.8) is 0 Å². The van der Waals surface area contributed by atoms with E-state index in [-0.39, 0.29) is 31.9 Å². The Hall–Kier alpha value is -2.82. The smallest absolute Gasteiger partial charge is 0.354 e. The summed E-state index contributed by atoms with van der Waals surface area (Å²) in [7, 11) is -4.20. The maximum absolute atomic E-state index is 14.5. The lowest BCUT2D eigenvalue weighted by Crippen LogP contribution is -2.52. The first-order chi connectivity index (χ1) is 14.6. The van der Waals surface area contributed by atoms with Crippen molar-refractivity contribution in [3.05, 3.63) is 53.9 Å². The van der Waals surface area contributed by atoms with Crippen LogP contribution in [-0.2, 0) is 20.7 Å². The van der Waals surface area contributed by atoms with Crippen molar-refractivity contribution >= 4 is 22.2 Å². The Morgan fingerprint density at radius 2 is 1.94 bits per heavy atom. The molecule has 3 rings (SSSR count). The van der Waals surface area contributed by atoms with Crippen LogP contribution in [0.4, 0.5) is 19.5 Å². The van der Waals surface area contributed by atoms with Gasteiger partial charge in [0.15, 0.2) is 0 Å². The Labute approximate surface area is 179 Å². The number of hydrogen-bond acceptors (Lipinski definition) is 7. The van der Waals surface area contributed by atoms with Gasteiger partial charge in [-0.2, -0.15) is 8.42 Å². The number of carbonyl (C=O) groups is 1. The van der Waals surface area contributed by atoms with Crippen molar-refractivity contribution < 1.29 is 26.2 Å². The number of anilines is 1. The number of rotatable bonds is 7. The van der Waals surface area contributed by atoms with Gasteiger partial charge in [0.1, 0.15) is 0 Å². The first-order valence-electron chi connectivity index (χ1n) is 9.80. The molecule has 8 nitrogen and oxygen atoms in total. The van der Waals surface area contributed by atoms with E-state index in [9.17, 15) is 22.0 Å². The number of halogens is 2. The molecule has 2 aromatic rings. The van der Waals surface area contributed by atoms with Crippen LogP contribution in [0.3, 0.4) is 0 Å². The molecule has 11 heteroatoms. The van der Waals surface area contributed by atoms with Crippen molar-refractivity contribution in [2.75, 3.05) is 30.7 Å². The number of carbonyl (C=O) groups excluding carboxylic acids is 1. The minimum atomic E-state index is -4.20. The van der Waals surface area contributed by atoms with Crippen LogP contribution in [0.1, 0.15) is 17.5 Å². The van der Waals surface area contributed by atoms with Crippen molar-refractivity contribution in [1.82, 2.24) is 14.9 Å². The number of piperidine rings is 1. The molecule has 1 N–H and O–H groups in total. The third kappa shape index (κ3) is 6.58. The van der Waals surface area contributed by atoms with Gasteiger partial charge in [-0.15, -0.1) is 0 Å². The molecule has 1 aromatic carbocycles. The molecule has 0 radical (unpaired) electrons. The Kier molecular flexibility index (Phi) is 7.04. The summed E-state index contributed by atoms with van der Waals surface area (Å²) >= 11 is 0. The zero-order valence-corrected chi connectivity index (χ0v) is 17.8. The Morgan fingerprint density at radius 3 is 2.58 bits per heavy atom. The quantitative estimate of drug-likeness (QED) is 0.642. The molecule has 0 unspecified atom stereocenters. The predicted octanol–water partition coefficient (Wildman–Crippen LogP) is 2.86. The number of aryl methyl sites for hydroxylation is 2. The highest BCUT2D eigenvalue weighted by Crippen LogP contribution is 2.33. The highest BCUT2D eigenvalue weighted by atomic mass is 32.2. The second-order valence-corrected chi connectivity index (χ2v) is 9.16. The summed E-state index contributed by atoms with van der Waals surface area (Å²) in [5, 5.41) is 2.76. The topological polar surface area (TPSA) is 101 Å². The highest BCUT2D eigenvalue weighted by Gasteiger charge is 2.46. The third-order valence-corrected chi connectivity index (χ3v) is 6.14. The van der Waals surface area contributed by atoms with Crippen molar-refractivity contribution in [3.8, 4) is 0 Å². The molecule has 0 saturated carbocycles. The van der Waals surface area contributed by atoms with Crippen LogP contribution in [0.5, 0.6) is 0 Å². The number of alkyl halides is 2. The zero-order chi connectivity index (χ0) is 22.5. The van der Waals surface area contributed by atoms with Gasteiger partial charge in [-0.1, -0.05) is 29.8 Å². The summed E-state index contributed by atoms with van der Waals surface area (Å²) in [5.41, 5.74) is 1.81. The van der Waals surface area contributed by atoms with E-state index in [1.54, 1.807) is 18.2 Å². The summed E-state index contributed by atoms with van der Waals surface area (Å²) in [6.45, 7) is 0.882. The van der Waals surface area contributed by atoms with Crippen LogP contribution >= 0.6 is 0 Å². The largest absolute Gasteiger partial charge is 0.425 e. The van der Waals surface area contributed by atoms with Crippen LogP contribution in [-0.4, -0.2) is 60.7 Å². The van der Waals surface area contributed by atoms with E-state index >= 15 is 0 Å². The fourth-order valence-corrected chi connectivity index (χ4v) is 4.09. The van der Waals surface area contributed by atoms with E-state index in [1.165, 1.54) is 12.4 Å². The van der Waals surface area contributed by atoms with Gasteiger partial charge in [0.2, 0.25) is 5.95 Å². The Bertz CT molecular complexity index is 988. The number of benzene rings is 1. The number of aromatic nitrogens is 2. The van der Waals surface area contributed by atoms with E-state index in [0.29, 0.717) is 0 Å². The van der Waals surface area contributed by atoms with Crippen LogP contribution in [0, 0.1) is 12.8 Å². The van der Waals surface area contributed by atoms with Crippen LogP contribution in [0.2, 0.25) is 0 Å². The number of amides is 1. The van der Waals surface area contributed by atoms with Gasteiger partial charge in [-0.3, -0.25) is 0 Å². The number of likely N-dealkylation sites (tertiary alicyclic amines) is 1. The van der Waals surface area contributed by atoms with Crippen molar-refractivity contribution in [2.24, 2.45) is 5.92 Å². The molecular weight excluding hydrogens is 430 g/mol. The molecule has 0 aliphatic carbocycles. The van der Waals surface area contributed by atoms with Crippen molar-refractivity contribution in [2.45, 2.75) is 25.7 Å². The Balaban J connectivity index is 1.51. The molecule has 0 bridgehead atoms. The van der Waals surface area contributed by atoms with Crippen LogP contribution in [0.25, 0.3) is 0 Å². The summed E-state index contributed by atoms with van der Waals surface area (Å²) in [5.74, 6) is -4.46. The normalized spacial score (nSPS) is 18.4. The molecule has 1 aromatic heterocycles. The van der Waals surface area contributed by atoms with E-state index in [0.717, 1.165) is 16.0 Å². The van der Waals surface area contributed by atoms with Gasteiger partial charge < -0.3 is 14.4 Å². The van der Waals surface area contributed by atoms with Gasteiger partial charge in [-0.05, 0) is 31.4 Å². The molecule has 1 aliphatic rings. The summed E-state index contributed by atoms with van der Waals surface area (Å²) in [4.78, 5) is 20.8. The maximum Gasteiger partial charge on any atom is 0.425 e. The minimum Gasteiger partial charge on any atom is -0.354 e. The molecule has 1 saturated heterocycles. The SMILES string of the molecule is Cc1ccc(CCS(=O)(=O)OC(=O)N2CC[C@H](CNc3ncccn3)C(F)(F)C2)cc1. The second kappa shape index (κ2) is 9.54. The van der Waals surface area contributed by atoms with Crippen LogP contribution in [0.15, 0.2) is 42.7 Å². The average Bonchev–Trinajstić information content (AvgIpc) is 2.72. The molecule has 31 heavy (non-hydrogen) atoms. The predicted molar refractivity (Wildman–Crippen MR) is 110 cm³/mol.